The number of hydrogen-bond acceptors (Lipinski definition) is 10. The largest absolute Gasteiger partial charge is 0.472 e. The summed E-state index contributed by atoms with van der Waals surface area (Å²) >= 11 is 0. The fourth-order valence-electron chi connectivity index (χ4n) is 9.87. The number of furan rings is 1. The van der Waals surface area contributed by atoms with E-state index in [4.69, 9.17) is 18.6 Å². The van der Waals surface area contributed by atoms with Crippen molar-refractivity contribution in [2.24, 2.45) is 28.1 Å². The molecule has 1 aromatic heterocycles. The van der Waals surface area contributed by atoms with Crippen LogP contribution in [0.4, 0.5) is 0 Å². The maximum Gasteiger partial charge on any atom is 0.309 e. The van der Waals surface area contributed by atoms with Gasteiger partial charge in [0, 0.05) is 29.7 Å². The summed E-state index contributed by atoms with van der Waals surface area (Å²) in [5.74, 6) is -4.51. The van der Waals surface area contributed by atoms with Crippen LogP contribution in [0.15, 0.2) is 23.0 Å². The van der Waals surface area contributed by atoms with Gasteiger partial charge in [-0.3, -0.25) is 9.59 Å². The highest BCUT2D eigenvalue weighted by molar-refractivity contribution is 5.74. The van der Waals surface area contributed by atoms with Gasteiger partial charge in [0.2, 0.25) is 5.79 Å². The molecule has 7 rings (SSSR count). The summed E-state index contributed by atoms with van der Waals surface area (Å²) in [4.78, 5) is 25.5. The Morgan fingerprint density at radius 1 is 1.06 bits per heavy atom. The Bertz CT molecular complexity index is 1180. The van der Waals surface area contributed by atoms with Crippen molar-refractivity contribution in [2.75, 3.05) is 6.61 Å². The van der Waals surface area contributed by atoms with Crippen molar-refractivity contribution in [1.82, 2.24) is 0 Å². The van der Waals surface area contributed by atoms with Crippen molar-refractivity contribution >= 4 is 11.9 Å². The molecule has 2 aliphatic carbocycles. The van der Waals surface area contributed by atoms with Crippen molar-refractivity contribution in [3.8, 4) is 0 Å². The summed E-state index contributed by atoms with van der Waals surface area (Å²) in [6.07, 6.45) is 0.783. The molecule has 10 atom stereocenters. The standard InChI is InChI=1S/C26H32O10/c1-20(2)15-8-16(27)34-12-22(15)14-4-6-21(3)18(13-5-7-33-10-13)35-17(28)9-25(21,31)24(14)11-23(30,19(20)29)26(22,32)36-24/h5,7,10,14-15,18-19,29-32H,4,6,8-9,11-12H2,1-3H3/t14?,15-,18-,19?,21?,22+,23+,24+,25?,26?/m0/s1. The zero-order chi connectivity index (χ0) is 25.7. The Kier molecular flexibility index (Phi) is 3.98. The maximum absolute atomic E-state index is 13.0. The summed E-state index contributed by atoms with van der Waals surface area (Å²) < 4.78 is 23.1. The SMILES string of the molecule is CC1(C)C(O)[C@]2(O)C[C@@]34OC2(O)[C@]2(COC(=O)C[C@@H]12)C3CCC1(C)[C@H](c2ccoc2)OC(=O)CC14O. The van der Waals surface area contributed by atoms with E-state index < -0.39 is 81.2 Å². The van der Waals surface area contributed by atoms with Gasteiger partial charge in [0.25, 0.3) is 0 Å². The summed E-state index contributed by atoms with van der Waals surface area (Å²) in [6, 6.07) is 1.68. The van der Waals surface area contributed by atoms with Crippen LogP contribution >= 0.6 is 0 Å². The molecule has 4 N–H and O–H groups in total. The zero-order valence-electron chi connectivity index (χ0n) is 20.5. The minimum atomic E-state index is -2.29. The average molecular weight is 505 g/mol. The monoisotopic (exact) mass is 504 g/mol. The first-order valence-corrected chi connectivity index (χ1v) is 12.7. The molecule has 4 saturated heterocycles. The third-order valence-electron chi connectivity index (χ3n) is 11.5. The Morgan fingerprint density at radius 2 is 1.81 bits per heavy atom. The third-order valence-corrected chi connectivity index (χ3v) is 11.5. The molecular weight excluding hydrogens is 472 g/mol. The van der Waals surface area contributed by atoms with Crippen LogP contribution in [0.1, 0.15) is 64.5 Å². The Labute approximate surface area is 207 Å². The number of ether oxygens (including phenoxy) is 3. The van der Waals surface area contributed by atoms with E-state index in [1.165, 1.54) is 12.5 Å². The smallest absolute Gasteiger partial charge is 0.309 e. The van der Waals surface area contributed by atoms with Gasteiger partial charge in [-0.25, -0.2) is 0 Å². The second-order valence-corrected chi connectivity index (χ2v) is 12.9. The quantitative estimate of drug-likeness (QED) is 0.406. The van der Waals surface area contributed by atoms with Gasteiger partial charge in [-0.15, -0.1) is 0 Å². The Morgan fingerprint density at radius 3 is 2.50 bits per heavy atom. The number of cyclic esters (lactones) is 2. The zero-order valence-corrected chi connectivity index (χ0v) is 20.5. The lowest BCUT2D eigenvalue weighted by molar-refractivity contribution is -0.388. The van der Waals surface area contributed by atoms with E-state index in [1.807, 2.05) is 6.92 Å². The second-order valence-electron chi connectivity index (χ2n) is 12.9. The third kappa shape index (κ3) is 2.00. The topological polar surface area (TPSA) is 156 Å². The van der Waals surface area contributed by atoms with Crippen LogP contribution in [0.5, 0.6) is 0 Å². The molecule has 2 saturated carbocycles. The molecule has 2 bridgehead atoms. The van der Waals surface area contributed by atoms with Gasteiger partial charge in [-0.05, 0) is 30.2 Å². The van der Waals surface area contributed by atoms with Crippen molar-refractivity contribution in [3.63, 3.8) is 0 Å². The van der Waals surface area contributed by atoms with Gasteiger partial charge in [-0.1, -0.05) is 20.8 Å². The van der Waals surface area contributed by atoms with E-state index in [0.29, 0.717) is 18.4 Å². The summed E-state index contributed by atoms with van der Waals surface area (Å²) in [6.45, 7) is 5.19. The van der Waals surface area contributed by atoms with Gasteiger partial charge in [0.1, 0.15) is 29.5 Å². The molecule has 6 fully saturated rings. The van der Waals surface area contributed by atoms with Crippen molar-refractivity contribution in [3.05, 3.63) is 24.2 Å². The van der Waals surface area contributed by atoms with Gasteiger partial charge in [-0.2, -0.15) is 0 Å². The van der Waals surface area contributed by atoms with Crippen molar-refractivity contribution in [2.45, 2.75) is 87.7 Å². The van der Waals surface area contributed by atoms with E-state index in [-0.39, 0.29) is 19.4 Å². The number of esters is 2. The number of fused-ring (bicyclic) bond motifs is 1. The highest BCUT2D eigenvalue weighted by Crippen LogP contribution is 2.83. The first-order chi connectivity index (χ1) is 16.7. The molecule has 196 valence electrons. The van der Waals surface area contributed by atoms with Crippen LogP contribution in [0.2, 0.25) is 0 Å². The molecule has 0 amide bonds. The van der Waals surface area contributed by atoms with Crippen LogP contribution in [-0.2, 0) is 23.8 Å². The molecule has 10 nitrogen and oxygen atoms in total. The molecule has 1 aromatic rings. The number of carbonyl (C=O) groups is 2. The predicted molar refractivity (Wildman–Crippen MR) is 118 cm³/mol. The molecule has 0 radical (unpaired) electrons. The fourth-order valence-corrected chi connectivity index (χ4v) is 9.87. The first-order valence-electron chi connectivity index (χ1n) is 12.7. The molecule has 2 spiro atoms. The normalized spacial score (nSPS) is 56.3. The summed E-state index contributed by atoms with van der Waals surface area (Å²) in [7, 11) is 0. The molecule has 10 heteroatoms. The van der Waals surface area contributed by atoms with Crippen LogP contribution in [0, 0.1) is 28.1 Å². The van der Waals surface area contributed by atoms with Crippen LogP contribution in [0.3, 0.4) is 0 Å². The van der Waals surface area contributed by atoms with E-state index >= 15 is 0 Å². The van der Waals surface area contributed by atoms with E-state index in [1.54, 1.807) is 19.9 Å². The molecular formula is C26H32O10. The first kappa shape index (κ1) is 23.2. The lowest BCUT2D eigenvalue weighted by Gasteiger charge is -2.71. The molecule has 0 aromatic carbocycles. The van der Waals surface area contributed by atoms with E-state index in [2.05, 4.69) is 0 Å². The summed E-state index contributed by atoms with van der Waals surface area (Å²) in [5.41, 5.74) is -8.32. The highest BCUT2D eigenvalue weighted by Gasteiger charge is 2.95. The number of carbonyl (C=O) groups excluding carboxylic acids is 2. The van der Waals surface area contributed by atoms with E-state index in [9.17, 15) is 30.0 Å². The van der Waals surface area contributed by atoms with Crippen LogP contribution in [0.25, 0.3) is 0 Å². The number of aliphatic hydroxyl groups is 4. The number of rotatable bonds is 1. The summed E-state index contributed by atoms with van der Waals surface area (Å²) in [5, 5.41) is 48.7. The van der Waals surface area contributed by atoms with Gasteiger partial charge >= 0.3 is 11.9 Å². The average Bonchev–Trinajstić information content (AvgIpc) is 3.47. The number of aliphatic hydroxyl groups excluding tert-OH is 1. The molecule has 36 heavy (non-hydrogen) atoms. The van der Waals surface area contributed by atoms with Crippen molar-refractivity contribution < 1.29 is 48.6 Å². The molecule has 4 aliphatic heterocycles. The van der Waals surface area contributed by atoms with Gasteiger partial charge in [0.05, 0.1) is 30.5 Å². The predicted octanol–water partition coefficient (Wildman–Crippen LogP) is 0.958. The van der Waals surface area contributed by atoms with Crippen LogP contribution < -0.4 is 0 Å². The van der Waals surface area contributed by atoms with Crippen molar-refractivity contribution in [1.29, 1.82) is 0 Å². The minimum Gasteiger partial charge on any atom is -0.472 e. The molecule has 6 aliphatic rings. The van der Waals surface area contributed by atoms with Crippen LogP contribution in [-0.4, -0.2) is 67.7 Å². The van der Waals surface area contributed by atoms with Gasteiger partial charge in [0.15, 0.2) is 0 Å². The minimum absolute atomic E-state index is 0.0617. The second kappa shape index (κ2) is 6.18. The number of hydrogen-bond donors (Lipinski definition) is 4. The Hall–Kier alpha value is -1.98. The maximum atomic E-state index is 13.0. The lowest BCUT2D eigenvalue weighted by Crippen LogP contribution is -2.83. The fraction of sp³-hybridized carbons (Fsp3) is 0.769. The highest BCUT2D eigenvalue weighted by atomic mass is 16.7. The lowest BCUT2D eigenvalue weighted by atomic mass is 9.34. The molecule has 5 heterocycles. The molecule has 5 unspecified atom stereocenters. The van der Waals surface area contributed by atoms with Gasteiger partial charge < -0.3 is 39.1 Å². The Balaban J connectivity index is 1.47. The van der Waals surface area contributed by atoms with E-state index in [0.717, 1.165) is 0 Å².